The number of rotatable bonds is 12. The van der Waals surface area contributed by atoms with Gasteiger partial charge in [-0.3, -0.25) is 9.59 Å². The molecular formula is C43H49N5O6. The standard InChI is InChI=1S/C43H49N5O6/c1-30(50)38(24-31-8-4-2-5-9-31)46-42(52)44-26-32-12-18-35(19-13-32)40-53-37(25-39(54-40)34-16-14-33(28-49)15-17-34)27-47-22-20-43(21-23-47)41(51)45-29-48(43)36-10-6-3-7-11-36/h2-19,37-40,49H,20-29H2,1H3,(H,45,51)(H2,44,46,52)/t37-,38+,39+,40?/m0/s1. The van der Waals surface area contributed by atoms with E-state index in [0.29, 0.717) is 26.1 Å². The van der Waals surface area contributed by atoms with Gasteiger partial charge in [-0.15, -0.1) is 0 Å². The van der Waals surface area contributed by atoms with Crippen LogP contribution in [0.1, 0.15) is 66.4 Å². The van der Waals surface area contributed by atoms with E-state index in [1.165, 1.54) is 6.92 Å². The summed E-state index contributed by atoms with van der Waals surface area (Å²) in [5.41, 5.74) is 5.10. The van der Waals surface area contributed by atoms with Crippen LogP contribution in [0, 0.1) is 0 Å². The summed E-state index contributed by atoms with van der Waals surface area (Å²) in [5.74, 6) is -0.00530. The number of anilines is 1. The maximum absolute atomic E-state index is 13.2. The number of carbonyl (C=O) groups is 3. The van der Waals surface area contributed by atoms with Crippen molar-refractivity contribution in [2.24, 2.45) is 0 Å². The molecule has 4 aromatic carbocycles. The third-order valence-corrected chi connectivity index (χ3v) is 10.9. The fourth-order valence-electron chi connectivity index (χ4n) is 7.79. The van der Waals surface area contributed by atoms with Gasteiger partial charge in [0.25, 0.3) is 0 Å². The van der Waals surface area contributed by atoms with Crippen LogP contribution in [0.5, 0.6) is 0 Å². The highest BCUT2D eigenvalue weighted by Crippen LogP contribution is 2.40. The molecule has 4 aromatic rings. The number of nitrogens with one attached hydrogen (secondary N) is 3. The number of aliphatic hydroxyl groups excluding tert-OH is 1. The molecule has 11 heteroatoms. The molecule has 7 rings (SSSR count). The second-order valence-corrected chi connectivity index (χ2v) is 14.5. The summed E-state index contributed by atoms with van der Waals surface area (Å²) < 4.78 is 13.2. The van der Waals surface area contributed by atoms with Crippen LogP contribution in [0.4, 0.5) is 10.5 Å². The van der Waals surface area contributed by atoms with Crippen molar-refractivity contribution in [2.75, 3.05) is 31.2 Å². The Morgan fingerprint density at radius 3 is 2.17 bits per heavy atom. The minimum absolute atomic E-state index is 0.0236. The summed E-state index contributed by atoms with van der Waals surface area (Å²) in [7, 11) is 0. The summed E-state index contributed by atoms with van der Waals surface area (Å²) >= 11 is 0. The molecule has 4 N–H and O–H groups in total. The number of ether oxygens (including phenoxy) is 2. The Bertz CT molecular complexity index is 1870. The second-order valence-electron chi connectivity index (χ2n) is 14.5. The Balaban J connectivity index is 0.988. The summed E-state index contributed by atoms with van der Waals surface area (Å²) in [4.78, 5) is 42.9. The van der Waals surface area contributed by atoms with Crippen LogP contribution >= 0.6 is 0 Å². The topological polar surface area (TPSA) is 132 Å². The molecule has 1 spiro atoms. The van der Waals surface area contributed by atoms with Crippen LogP contribution in [0.2, 0.25) is 0 Å². The highest BCUT2D eigenvalue weighted by Gasteiger charge is 2.50. The lowest BCUT2D eigenvalue weighted by Gasteiger charge is -2.45. The van der Waals surface area contributed by atoms with Crippen molar-refractivity contribution in [3.8, 4) is 0 Å². The van der Waals surface area contributed by atoms with E-state index in [2.05, 4.69) is 37.9 Å². The SMILES string of the molecule is CC(=O)[C@@H](Cc1ccccc1)NC(=O)NCc1ccc(C2O[C@H](CN3CCC4(CC3)C(=O)NCN4c3ccccc3)C[C@H](c3ccc(CO)cc3)O2)cc1. The molecule has 3 fully saturated rings. The minimum Gasteiger partial charge on any atom is -0.392 e. The van der Waals surface area contributed by atoms with Crippen LogP contribution in [0.15, 0.2) is 109 Å². The van der Waals surface area contributed by atoms with E-state index in [1.807, 2.05) is 97.1 Å². The summed E-state index contributed by atoms with van der Waals surface area (Å²) in [6, 6.07) is 34.4. The molecule has 4 atom stereocenters. The fraction of sp³-hybridized carbons (Fsp3) is 0.372. The molecule has 11 nitrogen and oxygen atoms in total. The Kier molecular flexibility index (Phi) is 11.7. The highest BCUT2D eigenvalue weighted by atomic mass is 16.7. The molecule has 0 bridgehead atoms. The molecule has 3 saturated heterocycles. The lowest BCUT2D eigenvalue weighted by molar-refractivity contribution is -0.253. The highest BCUT2D eigenvalue weighted by molar-refractivity contribution is 5.93. The number of benzene rings is 4. The third-order valence-electron chi connectivity index (χ3n) is 10.9. The predicted molar refractivity (Wildman–Crippen MR) is 205 cm³/mol. The van der Waals surface area contributed by atoms with Gasteiger partial charge < -0.3 is 40.3 Å². The second kappa shape index (κ2) is 16.9. The van der Waals surface area contributed by atoms with Gasteiger partial charge >= 0.3 is 6.03 Å². The van der Waals surface area contributed by atoms with Gasteiger partial charge in [-0.25, -0.2) is 4.79 Å². The molecule has 3 aliphatic rings. The average Bonchev–Trinajstić information content (AvgIpc) is 3.52. The molecule has 0 aliphatic carbocycles. The quantitative estimate of drug-likeness (QED) is 0.157. The number of Topliss-reactive ketones (excluding diaryl/α,β-unsaturated/α-hetero) is 1. The number of para-hydroxylation sites is 1. The molecule has 0 radical (unpaired) electrons. The Morgan fingerprint density at radius 1 is 0.852 bits per heavy atom. The van der Waals surface area contributed by atoms with E-state index < -0.39 is 23.9 Å². The minimum atomic E-state index is -0.617. The van der Waals surface area contributed by atoms with Crippen LogP contribution in [-0.2, 0) is 38.6 Å². The first-order valence-electron chi connectivity index (χ1n) is 18.8. The predicted octanol–water partition coefficient (Wildman–Crippen LogP) is 5.15. The summed E-state index contributed by atoms with van der Waals surface area (Å²) in [5, 5.41) is 18.4. The number of nitrogens with zero attached hydrogens (tertiary/aromatic N) is 2. The monoisotopic (exact) mass is 731 g/mol. The Morgan fingerprint density at radius 2 is 1.50 bits per heavy atom. The molecule has 3 aliphatic heterocycles. The number of piperidine rings is 1. The summed E-state index contributed by atoms with van der Waals surface area (Å²) in [6.07, 6.45) is 1.58. The van der Waals surface area contributed by atoms with E-state index in [4.69, 9.17) is 9.47 Å². The first-order chi connectivity index (χ1) is 26.3. The zero-order valence-electron chi connectivity index (χ0n) is 30.7. The molecule has 1 unspecified atom stereocenters. The molecular weight excluding hydrogens is 683 g/mol. The smallest absolute Gasteiger partial charge is 0.315 e. The largest absolute Gasteiger partial charge is 0.392 e. The van der Waals surface area contributed by atoms with Gasteiger partial charge in [0.1, 0.15) is 5.54 Å². The zero-order valence-corrected chi connectivity index (χ0v) is 30.7. The maximum atomic E-state index is 13.2. The lowest BCUT2D eigenvalue weighted by Crippen LogP contribution is -2.57. The fourth-order valence-corrected chi connectivity index (χ4v) is 7.79. The number of hydrogen-bond acceptors (Lipinski definition) is 8. The van der Waals surface area contributed by atoms with Crippen LogP contribution < -0.4 is 20.9 Å². The summed E-state index contributed by atoms with van der Waals surface area (Å²) in [6.45, 7) is 4.51. The van der Waals surface area contributed by atoms with Crippen molar-refractivity contribution in [3.63, 3.8) is 0 Å². The van der Waals surface area contributed by atoms with Gasteiger partial charge in [-0.2, -0.15) is 0 Å². The van der Waals surface area contributed by atoms with Crippen molar-refractivity contribution in [1.29, 1.82) is 0 Å². The lowest BCUT2D eigenvalue weighted by atomic mass is 9.85. The number of likely N-dealkylation sites (tertiary alicyclic amines) is 1. The van der Waals surface area contributed by atoms with Gasteiger partial charge in [-0.05, 0) is 60.6 Å². The van der Waals surface area contributed by atoms with E-state index in [-0.39, 0.29) is 37.0 Å². The molecule has 3 amide bonds. The number of ketones is 1. The van der Waals surface area contributed by atoms with E-state index in [1.54, 1.807) is 0 Å². The Hall–Kier alpha value is -5.07. The van der Waals surface area contributed by atoms with Crippen molar-refractivity contribution < 1.29 is 29.0 Å². The van der Waals surface area contributed by atoms with Crippen LogP contribution in [-0.4, -0.2) is 71.7 Å². The molecule has 282 valence electrons. The number of hydrogen-bond donors (Lipinski definition) is 4. The van der Waals surface area contributed by atoms with Crippen molar-refractivity contribution in [2.45, 2.75) is 75.8 Å². The van der Waals surface area contributed by atoms with Crippen molar-refractivity contribution in [1.82, 2.24) is 20.9 Å². The van der Waals surface area contributed by atoms with Crippen molar-refractivity contribution in [3.05, 3.63) is 137 Å². The van der Waals surface area contributed by atoms with Gasteiger partial charge in [0.15, 0.2) is 12.1 Å². The van der Waals surface area contributed by atoms with E-state index >= 15 is 0 Å². The number of aliphatic hydroxyl groups is 1. The average molecular weight is 732 g/mol. The van der Waals surface area contributed by atoms with Gasteiger partial charge in [0, 0.05) is 43.9 Å². The van der Waals surface area contributed by atoms with Gasteiger partial charge in [-0.1, -0.05) is 97.1 Å². The first-order valence-corrected chi connectivity index (χ1v) is 18.8. The third kappa shape index (κ3) is 8.66. The first kappa shape index (κ1) is 37.3. The molecule has 0 saturated carbocycles. The van der Waals surface area contributed by atoms with Crippen molar-refractivity contribution >= 4 is 23.4 Å². The van der Waals surface area contributed by atoms with Crippen LogP contribution in [0.25, 0.3) is 0 Å². The van der Waals surface area contributed by atoms with E-state index in [9.17, 15) is 19.5 Å². The number of urea groups is 1. The molecule has 3 heterocycles. The van der Waals surface area contributed by atoms with Gasteiger partial charge in [0.2, 0.25) is 5.91 Å². The number of amides is 3. The normalized spacial score (nSPS) is 21.7. The van der Waals surface area contributed by atoms with Crippen LogP contribution in [0.3, 0.4) is 0 Å². The van der Waals surface area contributed by atoms with E-state index in [0.717, 1.165) is 59.4 Å². The molecule has 54 heavy (non-hydrogen) atoms. The molecule has 0 aromatic heterocycles. The number of carbonyl (C=O) groups excluding carboxylic acids is 3. The Labute approximate surface area is 316 Å². The zero-order chi connectivity index (χ0) is 37.5. The van der Waals surface area contributed by atoms with Gasteiger partial charge in [0.05, 0.1) is 31.5 Å². The maximum Gasteiger partial charge on any atom is 0.315 e.